The number of hydrogen-bond donors (Lipinski definition) is 4. The molecule has 2 aromatic rings. The van der Waals surface area contributed by atoms with Crippen LogP contribution in [0.1, 0.15) is 25.7 Å². The first-order valence-corrected chi connectivity index (χ1v) is 6.85. The van der Waals surface area contributed by atoms with E-state index in [4.69, 9.17) is 5.11 Å². The first-order chi connectivity index (χ1) is 10.1. The number of aromatic nitrogens is 2. The van der Waals surface area contributed by atoms with E-state index in [9.17, 15) is 9.59 Å². The van der Waals surface area contributed by atoms with Crippen LogP contribution in [0.4, 0.5) is 10.5 Å². The summed E-state index contributed by atoms with van der Waals surface area (Å²) in [7, 11) is 0. The summed E-state index contributed by atoms with van der Waals surface area (Å²) in [6, 6.07) is 5.16. The van der Waals surface area contributed by atoms with Gasteiger partial charge in [0.25, 0.3) is 0 Å². The molecule has 0 radical (unpaired) electrons. The highest BCUT2D eigenvalue weighted by Gasteiger charge is 2.03. The monoisotopic (exact) mass is 290 g/mol. The van der Waals surface area contributed by atoms with Gasteiger partial charge in [0.2, 0.25) is 0 Å². The molecule has 21 heavy (non-hydrogen) atoms. The van der Waals surface area contributed by atoms with Crippen LogP contribution in [0.2, 0.25) is 0 Å². The Hall–Kier alpha value is -2.57. The Morgan fingerprint density at radius 2 is 2.10 bits per heavy atom. The topological polar surface area (TPSA) is 107 Å². The first-order valence-electron chi connectivity index (χ1n) is 6.85. The van der Waals surface area contributed by atoms with Gasteiger partial charge in [-0.1, -0.05) is 6.42 Å². The number of benzene rings is 1. The number of amides is 2. The highest BCUT2D eigenvalue weighted by Crippen LogP contribution is 2.15. The number of rotatable bonds is 7. The number of imidazole rings is 1. The molecule has 1 heterocycles. The van der Waals surface area contributed by atoms with E-state index >= 15 is 0 Å². The van der Waals surface area contributed by atoms with Crippen molar-refractivity contribution < 1.29 is 14.7 Å². The molecule has 0 aliphatic carbocycles. The molecule has 0 aliphatic heterocycles. The maximum Gasteiger partial charge on any atom is 0.319 e. The van der Waals surface area contributed by atoms with Crippen molar-refractivity contribution in [2.75, 3.05) is 11.9 Å². The molecule has 7 nitrogen and oxygen atoms in total. The van der Waals surface area contributed by atoms with Gasteiger partial charge in [-0.05, 0) is 31.0 Å². The molecule has 0 saturated heterocycles. The summed E-state index contributed by atoms with van der Waals surface area (Å²) in [6.45, 7) is 0.526. The summed E-state index contributed by atoms with van der Waals surface area (Å²) >= 11 is 0. The van der Waals surface area contributed by atoms with Crippen LogP contribution in [0.3, 0.4) is 0 Å². The van der Waals surface area contributed by atoms with Crippen molar-refractivity contribution in [3.8, 4) is 0 Å². The fourth-order valence-electron chi connectivity index (χ4n) is 1.97. The van der Waals surface area contributed by atoms with Crippen molar-refractivity contribution in [1.29, 1.82) is 0 Å². The number of urea groups is 1. The number of nitrogens with one attached hydrogen (secondary N) is 3. The number of anilines is 1. The standard InChI is InChI=1S/C14H18N4O3/c19-13(20)4-2-1-3-7-15-14(21)18-10-5-6-11-12(8-10)17-9-16-11/h5-6,8-9H,1-4,7H2,(H,16,17)(H,19,20)(H2,15,18,21). The fourth-order valence-corrected chi connectivity index (χ4v) is 1.97. The van der Waals surface area contributed by atoms with Crippen LogP contribution < -0.4 is 10.6 Å². The molecule has 2 amide bonds. The lowest BCUT2D eigenvalue weighted by atomic mass is 10.2. The van der Waals surface area contributed by atoms with Gasteiger partial charge >= 0.3 is 12.0 Å². The van der Waals surface area contributed by atoms with E-state index in [1.54, 1.807) is 12.4 Å². The highest BCUT2D eigenvalue weighted by molar-refractivity contribution is 5.91. The third-order valence-electron chi connectivity index (χ3n) is 3.03. The molecule has 0 saturated carbocycles. The van der Waals surface area contributed by atoms with Crippen molar-refractivity contribution in [3.63, 3.8) is 0 Å². The average Bonchev–Trinajstić information content (AvgIpc) is 2.89. The van der Waals surface area contributed by atoms with Gasteiger partial charge in [-0.2, -0.15) is 0 Å². The second-order valence-corrected chi connectivity index (χ2v) is 4.72. The lowest BCUT2D eigenvalue weighted by Crippen LogP contribution is -2.29. The van der Waals surface area contributed by atoms with E-state index in [0.29, 0.717) is 18.7 Å². The summed E-state index contributed by atoms with van der Waals surface area (Å²) in [5, 5.41) is 14.0. The summed E-state index contributed by atoms with van der Waals surface area (Å²) in [5.41, 5.74) is 2.40. The Bertz CT molecular complexity index is 623. The molecule has 0 bridgehead atoms. The molecular weight excluding hydrogens is 272 g/mol. The number of aliphatic carboxylic acids is 1. The Balaban J connectivity index is 1.68. The van der Waals surface area contributed by atoms with E-state index in [1.165, 1.54) is 0 Å². The zero-order chi connectivity index (χ0) is 15.1. The summed E-state index contributed by atoms with van der Waals surface area (Å²) < 4.78 is 0. The van der Waals surface area contributed by atoms with E-state index in [0.717, 1.165) is 23.9 Å². The minimum atomic E-state index is -0.782. The van der Waals surface area contributed by atoms with E-state index in [2.05, 4.69) is 20.6 Å². The van der Waals surface area contributed by atoms with Gasteiger partial charge in [-0.3, -0.25) is 4.79 Å². The van der Waals surface area contributed by atoms with Crippen molar-refractivity contribution in [1.82, 2.24) is 15.3 Å². The molecule has 1 aromatic carbocycles. The highest BCUT2D eigenvalue weighted by atomic mass is 16.4. The number of carboxylic acid groups (broad SMARTS) is 1. The Morgan fingerprint density at radius 1 is 1.24 bits per heavy atom. The molecule has 2 rings (SSSR count). The molecule has 4 N–H and O–H groups in total. The molecule has 0 unspecified atom stereocenters. The van der Waals surface area contributed by atoms with Crippen LogP contribution in [0.15, 0.2) is 24.5 Å². The van der Waals surface area contributed by atoms with Crippen LogP contribution in [0.5, 0.6) is 0 Å². The second kappa shape index (κ2) is 7.28. The number of fused-ring (bicyclic) bond motifs is 1. The molecule has 0 spiro atoms. The Morgan fingerprint density at radius 3 is 2.90 bits per heavy atom. The number of aromatic amines is 1. The second-order valence-electron chi connectivity index (χ2n) is 4.72. The number of unbranched alkanes of at least 4 members (excludes halogenated alkanes) is 2. The van der Waals surface area contributed by atoms with Crippen LogP contribution in [0, 0.1) is 0 Å². The quantitative estimate of drug-likeness (QED) is 0.587. The van der Waals surface area contributed by atoms with Gasteiger partial charge in [0.05, 0.1) is 17.4 Å². The maximum atomic E-state index is 11.7. The van der Waals surface area contributed by atoms with Crippen molar-refractivity contribution in [2.45, 2.75) is 25.7 Å². The minimum Gasteiger partial charge on any atom is -0.481 e. The Kier molecular flexibility index (Phi) is 5.14. The van der Waals surface area contributed by atoms with Crippen molar-refractivity contribution >= 4 is 28.7 Å². The number of hydrogen-bond acceptors (Lipinski definition) is 3. The fraction of sp³-hybridized carbons (Fsp3) is 0.357. The van der Waals surface area contributed by atoms with Crippen molar-refractivity contribution in [3.05, 3.63) is 24.5 Å². The molecular formula is C14H18N4O3. The molecule has 112 valence electrons. The van der Waals surface area contributed by atoms with Crippen LogP contribution in [-0.4, -0.2) is 33.6 Å². The predicted molar refractivity (Wildman–Crippen MR) is 79.2 cm³/mol. The van der Waals surface area contributed by atoms with Gasteiger partial charge in [0.15, 0.2) is 0 Å². The summed E-state index contributed by atoms with van der Waals surface area (Å²) in [5.74, 6) is -0.782. The molecule has 1 aromatic heterocycles. The number of carbonyl (C=O) groups is 2. The normalized spacial score (nSPS) is 10.5. The zero-order valence-electron chi connectivity index (χ0n) is 11.6. The average molecular weight is 290 g/mol. The van der Waals surface area contributed by atoms with E-state index in [1.807, 2.05) is 12.1 Å². The largest absolute Gasteiger partial charge is 0.481 e. The maximum absolute atomic E-state index is 11.7. The lowest BCUT2D eigenvalue weighted by molar-refractivity contribution is -0.137. The molecule has 7 heteroatoms. The summed E-state index contributed by atoms with van der Waals surface area (Å²) in [4.78, 5) is 29.1. The number of carbonyl (C=O) groups excluding carboxylic acids is 1. The van der Waals surface area contributed by atoms with E-state index < -0.39 is 5.97 Å². The van der Waals surface area contributed by atoms with Gasteiger partial charge in [-0.25, -0.2) is 9.78 Å². The number of carboxylic acids is 1. The minimum absolute atomic E-state index is 0.177. The van der Waals surface area contributed by atoms with Gasteiger partial charge in [0.1, 0.15) is 0 Å². The summed E-state index contributed by atoms with van der Waals surface area (Å²) in [6.07, 6.45) is 3.96. The SMILES string of the molecule is O=C(O)CCCCCNC(=O)Nc1ccc2nc[nH]c2c1. The van der Waals surface area contributed by atoms with Gasteiger partial charge in [0, 0.05) is 18.7 Å². The van der Waals surface area contributed by atoms with E-state index in [-0.39, 0.29) is 12.5 Å². The van der Waals surface area contributed by atoms with Crippen molar-refractivity contribution in [2.24, 2.45) is 0 Å². The first kappa shape index (κ1) is 14.8. The molecule has 0 fully saturated rings. The smallest absolute Gasteiger partial charge is 0.319 e. The molecule has 0 atom stereocenters. The van der Waals surface area contributed by atoms with Crippen LogP contribution in [-0.2, 0) is 4.79 Å². The Labute approximate surface area is 121 Å². The number of nitrogens with zero attached hydrogens (tertiary/aromatic N) is 1. The van der Waals surface area contributed by atoms with Gasteiger partial charge < -0.3 is 20.7 Å². The third-order valence-corrected chi connectivity index (χ3v) is 3.03. The molecule has 0 aliphatic rings. The lowest BCUT2D eigenvalue weighted by Gasteiger charge is -2.07. The van der Waals surface area contributed by atoms with Crippen LogP contribution in [0.25, 0.3) is 11.0 Å². The van der Waals surface area contributed by atoms with Gasteiger partial charge in [-0.15, -0.1) is 0 Å². The third kappa shape index (κ3) is 4.79. The van der Waals surface area contributed by atoms with Crippen LogP contribution >= 0.6 is 0 Å². The number of H-pyrrole nitrogens is 1. The zero-order valence-corrected chi connectivity index (χ0v) is 11.6. The predicted octanol–water partition coefficient (Wildman–Crippen LogP) is 2.33.